The van der Waals surface area contributed by atoms with Crippen LogP contribution in [0.5, 0.6) is 0 Å². The van der Waals surface area contributed by atoms with Crippen molar-refractivity contribution in [2.75, 3.05) is 52.5 Å². The number of hydrogen-bond donors (Lipinski definition) is 4. The first-order valence-electron chi connectivity index (χ1n) is 10.6. The monoisotopic (exact) mass is 439 g/mol. The molecule has 0 saturated carbocycles. The lowest BCUT2D eigenvalue weighted by Gasteiger charge is -2.39. The largest absolute Gasteiger partial charge is 0.394 e. The van der Waals surface area contributed by atoms with E-state index in [4.69, 9.17) is 14.6 Å². The number of aliphatic hydroxyl groups is 4. The van der Waals surface area contributed by atoms with Gasteiger partial charge in [-0.2, -0.15) is 0 Å². The van der Waals surface area contributed by atoms with E-state index in [2.05, 4.69) is 0 Å². The van der Waals surface area contributed by atoms with Crippen molar-refractivity contribution in [3.05, 3.63) is 23.2 Å². The molecule has 5 rings (SSSR count). The van der Waals surface area contributed by atoms with Crippen molar-refractivity contribution >= 4 is 11.6 Å². The SMILES string of the molecule is CCO[C@@H]1O[C@H](CO)[C@H](O)[C@H](O)[C@H]1O.O=C1C=C(N2CC2)C(=O)C(N2CC2)=C1N1CC1. The molecule has 31 heavy (non-hydrogen) atoms. The van der Waals surface area contributed by atoms with Gasteiger partial charge >= 0.3 is 0 Å². The van der Waals surface area contributed by atoms with Crippen LogP contribution in [0.3, 0.4) is 0 Å². The van der Waals surface area contributed by atoms with Gasteiger partial charge in [-0.3, -0.25) is 9.59 Å². The summed E-state index contributed by atoms with van der Waals surface area (Å²) in [7, 11) is 0. The van der Waals surface area contributed by atoms with Crippen LogP contribution in [0.4, 0.5) is 0 Å². The van der Waals surface area contributed by atoms with E-state index >= 15 is 0 Å². The lowest BCUT2D eigenvalue weighted by Crippen LogP contribution is -2.59. The summed E-state index contributed by atoms with van der Waals surface area (Å²) >= 11 is 0. The van der Waals surface area contributed by atoms with E-state index < -0.39 is 37.3 Å². The van der Waals surface area contributed by atoms with Crippen LogP contribution in [0.25, 0.3) is 0 Å². The Balaban J connectivity index is 0.000000153. The van der Waals surface area contributed by atoms with Crippen molar-refractivity contribution in [2.24, 2.45) is 0 Å². The highest BCUT2D eigenvalue weighted by Gasteiger charge is 2.44. The summed E-state index contributed by atoms with van der Waals surface area (Å²) in [6, 6.07) is 0. The minimum atomic E-state index is -1.36. The number of nitrogens with zero attached hydrogens (tertiary/aromatic N) is 3. The number of ketones is 2. The molecule has 0 spiro atoms. The Kier molecular flexibility index (Phi) is 6.33. The van der Waals surface area contributed by atoms with E-state index in [9.17, 15) is 24.9 Å². The molecule has 0 aromatic rings. The predicted molar refractivity (Wildman–Crippen MR) is 105 cm³/mol. The zero-order valence-corrected chi connectivity index (χ0v) is 17.4. The van der Waals surface area contributed by atoms with Gasteiger partial charge in [0.2, 0.25) is 11.6 Å². The first-order chi connectivity index (χ1) is 14.9. The van der Waals surface area contributed by atoms with Gasteiger partial charge < -0.3 is 44.6 Å². The quantitative estimate of drug-likeness (QED) is 0.248. The Morgan fingerprint density at radius 2 is 1.52 bits per heavy atom. The standard InChI is InChI=1S/C12H13N3O2.C8H16O6/c16-9-7-8(13-1-2-13)12(17)11(15-5-6-15)10(9)14-3-4-14;1-2-13-8-7(12)6(11)5(10)4(3-9)14-8/h7H,1-6H2;4-12H,2-3H2,1H3/t;4-,5+,6+,7-,8-/m.1/s1. The second kappa shape index (κ2) is 8.85. The Morgan fingerprint density at radius 3 is 2.03 bits per heavy atom. The van der Waals surface area contributed by atoms with Gasteiger partial charge in [0.25, 0.3) is 0 Å². The number of allylic oxidation sites excluding steroid dienone is 1. The molecule has 4 aliphatic heterocycles. The van der Waals surface area contributed by atoms with Gasteiger partial charge in [-0.05, 0) is 6.92 Å². The van der Waals surface area contributed by atoms with E-state index in [1.807, 2.05) is 14.7 Å². The topological polar surface area (TPSA) is 143 Å². The Bertz CT molecular complexity index is 783. The first kappa shape index (κ1) is 22.2. The van der Waals surface area contributed by atoms with Gasteiger partial charge in [0, 0.05) is 52.0 Å². The van der Waals surface area contributed by atoms with Crippen LogP contribution in [0.15, 0.2) is 23.2 Å². The lowest BCUT2D eigenvalue weighted by molar-refractivity contribution is -0.300. The van der Waals surface area contributed by atoms with Crippen LogP contribution < -0.4 is 0 Å². The molecule has 0 unspecified atom stereocenters. The molecule has 4 fully saturated rings. The molecule has 4 saturated heterocycles. The van der Waals surface area contributed by atoms with Crippen LogP contribution in [0.1, 0.15) is 6.92 Å². The number of Topliss-reactive ketones (excluding diaryl/α,β-unsaturated/α-hetero) is 1. The Hall–Kier alpha value is -2.02. The maximum Gasteiger partial charge on any atom is 0.227 e. The van der Waals surface area contributed by atoms with Gasteiger partial charge in [0.15, 0.2) is 6.29 Å². The second-order valence-electron chi connectivity index (χ2n) is 8.03. The van der Waals surface area contributed by atoms with E-state index in [-0.39, 0.29) is 11.6 Å². The Labute approximate surface area is 179 Å². The highest BCUT2D eigenvalue weighted by Crippen LogP contribution is 2.34. The molecular formula is C20H29N3O8. The molecule has 0 aromatic carbocycles. The molecule has 11 nitrogen and oxygen atoms in total. The molecule has 0 amide bonds. The fourth-order valence-electron chi connectivity index (χ4n) is 3.64. The van der Waals surface area contributed by atoms with Crippen molar-refractivity contribution in [3.63, 3.8) is 0 Å². The highest BCUT2D eigenvalue weighted by molar-refractivity contribution is 6.22. The van der Waals surface area contributed by atoms with Gasteiger partial charge in [-0.25, -0.2) is 0 Å². The molecular weight excluding hydrogens is 410 g/mol. The van der Waals surface area contributed by atoms with Gasteiger partial charge in [0.05, 0.1) is 12.3 Å². The number of rotatable bonds is 6. The summed E-state index contributed by atoms with van der Waals surface area (Å²) in [5, 5.41) is 36.9. The summed E-state index contributed by atoms with van der Waals surface area (Å²) in [5.74, 6) is 0.0485. The zero-order valence-electron chi connectivity index (χ0n) is 17.4. The number of ether oxygens (including phenoxy) is 2. The third-order valence-electron chi connectivity index (χ3n) is 5.67. The molecule has 0 aromatic heterocycles. The number of hydrogen-bond acceptors (Lipinski definition) is 11. The average Bonchev–Trinajstić information content (AvgIpc) is 3.59. The minimum absolute atomic E-state index is 0.00546. The third-order valence-corrected chi connectivity index (χ3v) is 5.67. The van der Waals surface area contributed by atoms with Crippen LogP contribution in [0, 0.1) is 0 Å². The number of carbonyl (C=O) groups is 2. The van der Waals surface area contributed by atoms with Crippen LogP contribution in [-0.2, 0) is 19.1 Å². The highest BCUT2D eigenvalue weighted by atomic mass is 16.7. The zero-order chi connectivity index (χ0) is 22.3. The van der Waals surface area contributed by atoms with Crippen molar-refractivity contribution in [2.45, 2.75) is 37.6 Å². The molecule has 1 aliphatic carbocycles. The molecule has 0 bridgehead atoms. The summed E-state index contributed by atoms with van der Waals surface area (Å²) < 4.78 is 10.0. The molecule has 0 radical (unpaired) electrons. The van der Waals surface area contributed by atoms with Crippen molar-refractivity contribution in [1.82, 2.24) is 14.7 Å². The van der Waals surface area contributed by atoms with Crippen LogP contribution in [0.2, 0.25) is 0 Å². The third kappa shape index (κ3) is 4.61. The first-order valence-corrected chi connectivity index (χ1v) is 10.6. The number of aliphatic hydroxyl groups excluding tert-OH is 4. The summed E-state index contributed by atoms with van der Waals surface area (Å²) in [6.07, 6.45) is -4.37. The molecule has 5 aliphatic rings. The van der Waals surface area contributed by atoms with Crippen molar-refractivity contribution in [1.29, 1.82) is 0 Å². The summed E-state index contributed by atoms with van der Waals surface area (Å²) in [5.41, 5.74) is 1.89. The summed E-state index contributed by atoms with van der Waals surface area (Å²) in [4.78, 5) is 30.5. The van der Waals surface area contributed by atoms with Crippen LogP contribution >= 0.6 is 0 Å². The maximum absolute atomic E-state index is 12.4. The fourth-order valence-corrected chi connectivity index (χ4v) is 3.64. The fraction of sp³-hybridized carbons (Fsp3) is 0.700. The average molecular weight is 439 g/mol. The molecule has 11 heteroatoms. The van der Waals surface area contributed by atoms with E-state index in [0.717, 1.165) is 39.3 Å². The number of carbonyl (C=O) groups excluding carboxylic acids is 2. The van der Waals surface area contributed by atoms with Crippen LogP contribution in [-0.4, -0.2) is 130 Å². The van der Waals surface area contributed by atoms with Crippen molar-refractivity contribution < 1.29 is 39.5 Å². The molecule has 4 N–H and O–H groups in total. The van der Waals surface area contributed by atoms with E-state index in [1.54, 1.807) is 6.92 Å². The predicted octanol–water partition coefficient (Wildman–Crippen LogP) is -3.00. The molecule has 4 heterocycles. The lowest BCUT2D eigenvalue weighted by atomic mass is 9.99. The van der Waals surface area contributed by atoms with Gasteiger partial charge in [0.1, 0.15) is 35.8 Å². The van der Waals surface area contributed by atoms with Gasteiger partial charge in [-0.15, -0.1) is 0 Å². The normalized spacial score (nSPS) is 34.4. The smallest absolute Gasteiger partial charge is 0.227 e. The van der Waals surface area contributed by atoms with E-state index in [0.29, 0.717) is 23.7 Å². The van der Waals surface area contributed by atoms with Crippen molar-refractivity contribution in [3.8, 4) is 0 Å². The molecule has 5 atom stereocenters. The maximum atomic E-state index is 12.4. The summed E-state index contributed by atoms with van der Waals surface area (Å²) in [6.45, 7) is 6.99. The molecule has 172 valence electrons. The Morgan fingerprint density at radius 1 is 0.935 bits per heavy atom. The van der Waals surface area contributed by atoms with E-state index in [1.165, 1.54) is 6.08 Å². The van der Waals surface area contributed by atoms with Gasteiger partial charge in [-0.1, -0.05) is 0 Å². The minimum Gasteiger partial charge on any atom is -0.394 e. The second-order valence-corrected chi connectivity index (χ2v) is 8.03.